The molecule has 2 fully saturated rings. The zero-order valence-corrected chi connectivity index (χ0v) is 11.9. The van der Waals surface area contributed by atoms with Crippen LogP contribution in [0.4, 0.5) is 0 Å². The van der Waals surface area contributed by atoms with Crippen molar-refractivity contribution in [3.05, 3.63) is 0 Å². The highest BCUT2D eigenvalue weighted by Crippen LogP contribution is 2.38. The van der Waals surface area contributed by atoms with E-state index < -0.39 is 23.5 Å². The number of nitrogens with two attached hydrogens (primary N) is 1. The summed E-state index contributed by atoms with van der Waals surface area (Å²) in [6, 6.07) is -0.355. The summed E-state index contributed by atoms with van der Waals surface area (Å²) >= 11 is 0. The fourth-order valence-electron chi connectivity index (χ4n) is 3.32. The molecule has 1 saturated carbocycles. The van der Waals surface area contributed by atoms with E-state index in [9.17, 15) is 9.59 Å². The molecule has 2 aliphatic rings. The highest BCUT2D eigenvalue weighted by atomic mass is 16.6. The molecule has 2 rings (SSSR count). The lowest BCUT2D eigenvalue weighted by atomic mass is 9.78. The molecule has 5 nitrogen and oxygen atoms in total. The third kappa shape index (κ3) is 3.08. The van der Waals surface area contributed by atoms with Gasteiger partial charge in [0.25, 0.3) is 0 Å². The molecule has 1 heterocycles. The van der Waals surface area contributed by atoms with Crippen molar-refractivity contribution < 1.29 is 14.3 Å². The van der Waals surface area contributed by atoms with Crippen LogP contribution in [0.5, 0.6) is 0 Å². The molecule has 0 aromatic carbocycles. The number of esters is 1. The van der Waals surface area contributed by atoms with Crippen molar-refractivity contribution in [2.45, 2.75) is 64.1 Å². The zero-order valence-electron chi connectivity index (χ0n) is 11.9. The van der Waals surface area contributed by atoms with Crippen LogP contribution in [0, 0.1) is 11.8 Å². The number of primary amides is 1. The van der Waals surface area contributed by atoms with Gasteiger partial charge in [-0.15, -0.1) is 0 Å². The van der Waals surface area contributed by atoms with Crippen LogP contribution < -0.4 is 11.1 Å². The van der Waals surface area contributed by atoms with E-state index in [4.69, 9.17) is 10.5 Å². The van der Waals surface area contributed by atoms with E-state index in [0.29, 0.717) is 0 Å². The molecular weight excluding hydrogens is 244 g/mol. The van der Waals surface area contributed by atoms with Crippen molar-refractivity contribution in [1.29, 1.82) is 0 Å². The number of amides is 1. The molecule has 1 aliphatic heterocycles. The summed E-state index contributed by atoms with van der Waals surface area (Å²) in [4.78, 5) is 23.9. The molecule has 0 radical (unpaired) electrons. The van der Waals surface area contributed by atoms with Crippen molar-refractivity contribution in [3.63, 3.8) is 0 Å². The summed E-state index contributed by atoms with van der Waals surface area (Å²) < 4.78 is 5.46. The normalized spacial score (nSPS) is 34.7. The van der Waals surface area contributed by atoms with Gasteiger partial charge in [-0.25, -0.2) is 0 Å². The van der Waals surface area contributed by atoms with Gasteiger partial charge in [-0.3, -0.25) is 9.59 Å². The molecule has 4 atom stereocenters. The number of fused-ring (bicyclic) bond motifs is 1. The summed E-state index contributed by atoms with van der Waals surface area (Å²) in [5.74, 6) is -0.994. The Bertz CT molecular complexity index is 375. The van der Waals surface area contributed by atoms with E-state index in [1.165, 1.54) is 0 Å². The van der Waals surface area contributed by atoms with Crippen LogP contribution in [0.25, 0.3) is 0 Å². The van der Waals surface area contributed by atoms with Gasteiger partial charge in [0, 0.05) is 6.04 Å². The van der Waals surface area contributed by atoms with Gasteiger partial charge in [0.15, 0.2) is 0 Å². The van der Waals surface area contributed by atoms with E-state index >= 15 is 0 Å². The van der Waals surface area contributed by atoms with E-state index in [1.807, 2.05) is 20.8 Å². The summed E-state index contributed by atoms with van der Waals surface area (Å²) in [5, 5.41) is 3.23. The first kappa shape index (κ1) is 14.3. The predicted molar refractivity (Wildman–Crippen MR) is 71.2 cm³/mol. The molecule has 1 aliphatic carbocycles. The average molecular weight is 268 g/mol. The second-order valence-electron chi connectivity index (χ2n) is 6.66. The Kier molecular flexibility index (Phi) is 3.85. The molecule has 5 heteroatoms. The number of rotatable bonds is 2. The first-order chi connectivity index (χ1) is 8.79. The first-order valence-electron chi connectivity index (χ1n) is 7.08. The molecule has 1 saturated heterocycles. The van der Waals surface area contributed by atoms with Crippen molar-refractivity contribution in [2.75, 3.05) is 0 Å². The number of ether oxygens (including phenoxy) is 1. The molecule has 1 amide bonds. The van der Waals surface area contributed by atoms with Crippen LogP contribution in [0.3, 0.4) is 0 Å². The number of carbonyl (C=O) groups excluding carboxylic acids is 2. The van der Waals surface area contributed by atoms with Gasteiger partial charge in [-0.05, 0) is 39.5 Å². The maximum absolute atomic E-state index is 12.4. The maximum Gasteiger partial charge on any atom is 0.311 e. The Balaban J connectivity index is 2.17. The van der Waals surface area contributed by atoms with E-state index in [1.54, 1.807) is 0 Å². The lowest BCUT2D eigenvalue weighted by Gasteiger charge is -2.29. The minimum absolute atomic E-state index is 0.182. The van der Waals surface area contributed by atoms with Crippen LogP contribution in [0.1, 0.15) is 46.5 Å². The molecule has 3 N–H and O–H groups in total. The summed E-state index contributed by atoms with van der Waals surface area (Å²) in [6.45, 7) is 5.51. The predicted octanol–water partition coefficient (Wildman–Crippen LogP) is 0.960. The standard InChI is InChI=1S/C14H24N2O3/c1-14(2,3)19-13(18)10-8-6-4-5-7-9(8)16-11(10)12(15)17/h8-11,16H,4-7H2,1-3H3,(H2,15,17)/t8-,9+,10?,11+/m1/s1. The quantitative estimate of drug-likeness (QED) is 0.731. The van der Waals surface area contributed by atoms with Gasteiger partial charge in [0.1, 0.15) is 11.6 Å². The molecule has 0 spiro atoms. The highest BCUT2D eigenvalue weighted by molar-refractivity contribution is 5.88. The summed E-state index contributed by atoms with van der Waals surface area (Å²) in [7, 11) is 0. The van der Waals surface area contributed by atoms with E-state index in [-0.39, 0.29) is 17.9 Å². The van der Waals surface area contributed by atoms with Crippen LogP contribution >= 0.6 is 0 Å². The first-order valence-corrected chi connectivity index (χ1v) is 7.08. The fourth-order valence-corrected chi connectivity index (χ4v) is 3.32. The third-order valence-corrected chi connectivity index (χ3v) is 4.02. The summed E-state index contributed by atoms with van der Waals surface area (Å²) in [5.41, 5.74) is 4.90. The molecule has 0 aromatic heterocycles. The zero-order chi connectivity index (χ0) is 14.2. The maximum atomic E-state index is 12.4. The fraction of sp³-hybridized carbons (Fsp3) is 0.857. The molecular formula is C14H24N2O3. The second-order valence-corrected chi connectivity index (χ2v) is 6.66. The van der Waals surface area contributed by atoms with Crippen molar-refractivity contribution in [2.24, 2.45) is 17.6 Å². The lowest BCUT2D eigenvalue weighted by Crippen LogP contribution is -2.46. The minimum atomic E-state index is -0.581. The SMILES string of the molecule is CC(C)(C)OC(=O)C1[C@@H](C(N)=O)N[C@H]2CCCC[C@@H]12. The van der Waals surface area contributed by atoms with Gasteiger partial charge in [0.2, 0.25) is 5.91 Å². The number of hydrogen-bond donors (Lipinski definition) is 2. The van der Waals surface area contributed by atoms with Crippen LogP contribution in [0.2, 0.25) is 0 Å². The molecule has 1 unspecified atom stereocenters. The van der Waals surface area contributed by atoms with Crippen molar-refractivity contribution >= 4 is 11.9 Å². The smallest absolute Gasteiger partial charge is 0.311 e. The van der Waals surface area contributed by atoms with Crippen molar-refractivity contribution in [1.82, 2.24) is 5.32 Å². The van der Waals surface area contributed by atoms with Gasteiger partial charge in [0.05, 0.1) is 5.92 Å². The average Bonchev–Trinajstić information content (AvgIpc) is 2.65. The molecule has 108 valence electrons. The molecule has 19 heavy (non-hydrogen) atoms. The topological polar surface area (TPSA) is 81.4 Å². The van der Waals surface area contributed by atoms with E-state index in [0.717, 1.165) is 25.7 Å². The van der Waals surface area contributed by atoms with Crippen LogP contribution in [-0.4, -0.2) is 29.6 Å². The number of hydrogen-bond acceptors (Lipinski definition) is 4. The Hall–Kier alpha value is -1.10. The van der Waals surface area contributed by atoms with Gasteiger partial charge >= 0.3 is 5.97 Å². The number of nitrogens with one attached hydrogen (secondary N) is 1. The minimum Gasteiger partial charge on any atom is -0.460 e. The molecule has 0 aromatic rings. The number of carbonyl (C=O) groups is 2. The summed E-state index contributed by atoms with van der Waals surface area (Å²) in [6.07, 6.45) is 4.22. The second kappa shape index (κ2) is 5.12. The molecule has 0 bridgehead atoms. The van der Waals surface area contributed by atoms with Gasteiger partial charge in [-0.2, -0.15) is 0 Å². The van der Waals surface area contributed by atoms with Crippen molar-refractivity contribution in [3.8, 4) is 0 Å². The largest absolute Gasteiger partial charge is 0.460 e. The Morgan fingerprint density at radius 3 is 2.42 bits per heavy atom. The highest BCUT2D eigenvalue weighted by Gasteiger charge is 2.50. The third-order valence-electron chi connectivity index (χ3n) is 4.02. The van der Waals surface area contributed by atoms with Crippen LogP contribution in [0.15, 0.2) is 0 Å². The monoisotopic (exact) mass is 268 g/mol. The van der Waals surface area contributed by atoms with Gasteiger partial charge < -0.3 is 15.8 Å². The Morgan fingerprint density at radius 2 is 1.84 bits per heavy atom. The van der Waals surface area contributed by atoms with Crippen LogP contribution in [-0.2, 0) is 14.3 Å². The lowest BCUT2D eigenvalue weighted by molar-refractivity contribution is -0.163. The van der Waals surface area contributed by atoms with Gasteiger partial charge in [-0.1, -0.05) is 12.8 Å². The Morgan fingerprint density at radius 1 is 1.21 bits per heavy atom. The van der Waals surface area contributed by atoms with E-state index in [2.05, 4.69) is 5.32 Å². The Labute approximate surface area is 114 Å².